The van der Waals surface area contributed by atoms with Gasteiger partial charge in [0.15, 0.2) is 0 Å². The van der Waals surface area contributed by atoms with Crippen molar-refractivity contribution in [1.82, 2.24) is 15.5 Å². The Morgan fingerprint density at radius 3 is 2.61 bits per heavy atom. The number of nitrogens with zero attached hydrogens (tertiary/aromatic N) is 2. The number of carbonyl (C=O) groups excluding carboxylic acids is 2. The van der Waals surface area contributed by atoms with Crippen molar-refractivity contribution in [1.29, 1.82) is 0 Å². The molecule has 1 aliphatic carbocycles. The van der Waals surface area contributed by atoms with E-state index in [-0.39, 0.29) is 18.2 Å². The number of alkyl halides is 3. The number of nitrogens with one attached hydrogen (secondary N) is 2. The Kier molecular flexibility index (Phi) is 6.62. The Balaban J connectivity index is 1.16. The maximum Gasteiger partial charge on any atom is 0.416 e. The first kappa shape index (κ1) is 23.5. The number of benzene rings is 1. The second kappa shape index (κ2) is 9.30. The highest BCUT2D eigenvalue weighted by molar-refractivity contribution is 5.96. The van der Waals surface area contributed by atoms with Gasteiger partial charge in [-0.1, -0.05) is 6.07 Å². The lowest BCUT2D eigenvalue weighted by atomic mass is 9.80. The van der Waals surface area contributed by atoms with Crippen LogP contribution in [0.5, 0.6) is 0 Å². The fourth-order valence-corrected chi connectivity index (χ4v) is 4.56. The SMILES string of the molecule is O=C(CNC(=O)c1cccc(C(F)(F)F)c1)NC1CN([C@H]2CC[C@@](O)(C3=NCCO3)CC2)C1. The fraction of sp³-hybridized carbons (Fsp3) is 0.591. The number of hydrogen-bond donors (Lipinski definition) is 3. The van der Waals surface area contributed by atoms with Gasteiger partial charge in [-0.05, 0) is 43.9 Å². The number of rotatable bonds is 6. The summed E-state index contributed by atoms with van der Waals surface area (Å²) in [4.78, 5) is 30.7. The third-order valence-corrected chi connectivity index (χ3v) is 6.42. The molecule has 0 radical (unpaired) electrons. The monoisotopic (exact) mass is 468 g/mol. The van der Waals surface area contributed by atoms with Crippen LogP contribution in [0.2, 0.25) is 0 Å². The Hall–Kier alpha value is -2.66. The molecule has 0 spiro atoms. The van der Waals surface area contributed by atoms with Gasteiger partial charge < -0.3 is 20.5 Å². The zero-order valence-electron chi connectivity index (χ0n) is 18.0. The fourth-order valence-electron chi connectivity index (χ4n) is 4.56. The van der Waals surface area contributed by atoms with Gasteiger partial charge in [-0.3, -0.25) is 14.5 Å². The van der Waals surface area contributed by atoms with Crippen LogP contribution in [0.1, 0.15) is 41.6 Å². The van der Waals surface area contributed by atoms with Gasteiger partial charge in [0.25, 0.3) is 5.91 Å². The van der Waals surface area contributed by atoms with Crippen LogP contribution < -0.4 is 10.6 Å². The summed E-state index contributed by atoms with van der Waals surface area (Å²) in [7, 11) is 0. The van der Waals surface area contributed by atoms with Crippen LogP contribution >= 0.6 is 0 Å². The number of halogens is 3. The number of carbonyl (C=O) groups is 2. The van der Waals surface area contributed by atoms with Crippen molar-refractivity contribution in [2.45, 2.75) is 49.5 Å². The third kappa shape index (κ3) is 5.47. The molecular weight excluding hydrogens is 441 g/mol. The Bertz CT molecular complexity index is 922. The molecule has 0 bridgehead atoms. The summed E-state index contributed by atoms with van der Waals surface area (Å²) in [6.07, 6.45) is -1.74. The van der Waals surface area contributed by atoms with Gasteiger partial charge >= 0.3 is 6.18 Å². The van der Waals surface area contributed by atoms with Crippen molar-refractivity contribution in [3.05, 3.63) is 35.4 Å². The molecule has 33 heavy (non-hydrogen) atoms. The van der Waals surface area contributed by atoms with Crippen LogP contribution in [0.25, 0.3) is 0 Å². The number of aliphatic imine (C=N–C) groups is 1. The molecule has 1 aromatic carbocycles. The van der Waals surface area contributed by atoms with Gasteiger partial charge in [0.2, 0.25) is 11.8 Å². The molecule has 3 N–H and O–H groups in total. The molecule has 1 saturated heterocycles. The topological polar surface area (TPSA) is 103 Å². The van der Waals surface area contributed by atoms with Crippen molar-refractivity contribution >= 4 is 17.7 Å². The van der Waals surface area contributed by atoms with Crippen LogP contribution in [0.4, 0.5) is 13.2 Å². The molecule has 1 aromatic rings. The molecule has 0 unspecified atom stereocenters. The lowest BCUT2D eigenvalue weighted by Gasteiger charge is -2.47. The van der Waals surface area contributed by atoms with Gasteiger partial charge in [0.05, 0.1) is 24.7 Å². The van der Waals surface area contributed by atoms with Gasteiger partial charge in [-0.2, -0.15) is 13.2 Å². The summed E-state index contributed by atoms with van der Waals surface area (Å²) in [5.74, 6) is -0.673. The molecule has 3 aliphatic rings. The lowest BCUT2D eigenvalue weighted by Crippen LogP contribution is -2.64. The van der Waals surface area contributed by atoms with E-state index in [9.17, 15) is 27.9 Å². The van der Waals surface area contributed by atoms with E-state index in [2.05, 4.69) is 20.5 Å². The molecule has 0 atom stereocenters. The molecule has 2 amide bonds. The first-order valence-electron chi connectivity index (χ1n) is 11.0. The molecule has 2 aliphatic heterocycles. The normalized spacial score (nSPS) is 26.2. The molecule has 8 nitrogen and oxygen atoms in total. The summed E-state index contributed by atoms with van der Waals surface area (Å²) >= 11 is 0. The van der Waals surface area contributed by atoms with Crippen molar-refractivity contribution in [2.75, 3.05) is 32.8 Å². The summed E-state index contributed by atoms with van der Waals surface area (Å²) in [5.41, 5.74) is -2.04. The van der Waals surface area contributed by atoms with Crippen LogP contribution in [-0.4, -0.2) is 78.2 Å². The zero-order valence-corrected chi connectivity index (χ0v) is 18.0. The Morgan fingerprint density at radius 1 is 1.24 bits per heavy atom. The first-order valence-corrected chi connectivity index (χ1v) is 11.0. The quantitative estimate of drug-likeness (QED) is 0.585. The largest absolute Gasteiger partial charge is 0.477 e. The van der Waals surface area contributed by atoms with Crippen LogP contribution in [-0.2, 0) is 15.7 Å². The van der Waals surface area contributed by atoms with E-state index in [0.29, 0.717) is 51.0 Å². The molecular formula is C22H27F3N4O4. The Labute approximate surface area is 189 Å². The minimum absolute atomic E-state index is 0.0497. The molecule has 4 rings (SSSR count). The minimum Gasteiger partial charge on any atom is -0.477 e. The summed E-state index contributed by atoms with van der Waals surface area (Å²) in [5, 5.41) is 15.9. The number of hydrogen-bond acceptors (Lipinski definition) is 6. The van der Waals surface area contributed by atoms with Crippen molar-refractivity contribution in [3.8, 4) is 0 Å². The highest BCUT2D eigenvalue weighted by Gasteiger charge is 2.43. The van der Waals surface area contributed by atoms with Crippen LogP contribution in [0, 0.1) is 0 Å². The average molecular weight is 468 g/mol. The van der Waals surface area contributed by atoms with E-state index >= 15 is 0 Å². The predicted octanol–water partition coefficient (Wildman–Crippen LogP) is 1.34. The van der Waals surface area contributed by atoms with Gasteiger partial charge in [-0.25, -0.2) is 4.99 Å². The molecule has 180 valence electrons. The summed E-state index contributed by atoms with van der Waals surface area (Å²) in [6.45, 7) is 2.15. The highest BCUT2D eigenvalue weighted by Crippen LogP contribution is 2.35. The highest BCUT2D eigenvalue weighted by atomic mass is 19.4. The molecule has 11 heteroatoms. The third-order valence-electron chi connectivity index (χ3n) is 6.42. The Morgan fingerprint density at radius 2 is 1.97 bits per heavy atom. The van der Waals surface area contributed by atoms with Gasteiger partial charge in [-0.15, -0.1) is 0 Å². The second-order valence-corrected chi connectivity index (χ2v) is 8.78. The van der Waals surface area contributed by atoms with Crippen molar-refractivity contribution in [2.24, 2.45) is 4.99 Å². The van der Waals surface area contributed by atoms with E-state index in [1.165, 1.54) is 6.07 Å². The second-order valence-electron chi connectivity index (χ2n) is 8.78. The zero-order chi connectivity index (χ0) is 23.6. The summed E-state index contributed by atoms with van der Waals surface area (Å²) < 4.78 is 43.8. The number of ether oxygens (including phenoxy) is 1. The van der Waals surface area contributed by atoms with E-state index in [0.717, 1.165) is 31.0 Å². The maximum atomic E-state index is 12.8. The predicted molar refractivity (Wildman–Crippen MR) is 113 cm³/mol. The number of likely N-dealkylation sites (tertiary alicyclic amines) is 1. The minimum atomic E-state index is -4.54. The van der Waals surface area contributed by atoms with Crippen LogP contribution in [0.15, 0.2) is 29.3 Å². The molecule has 2 fully saturated rings. The molecule has 2 heterocycles. The number of amides is 2. The standard InChI is InChI=1S/C22H27F3N4O4/c23-22(24,25)15-3-1-2-14(10-15)19(31)27-11-18(30)28-16-12-29(13-16)17-4-6-21(32,7-5-17)20-26-8-9-33-20/h1-3,10,16-17,32H,4-9,11-13H2,(H,27,31)(H,28,30)/t17-,21-. The lowest BCUT2D eigenvalue weighted by molar-refractivity contribution is -0.137. The first-order chi connectivity index (χ1) is 15.6. The van der Waals surface area contributed by atoms with Gasteiger partial charge in [0.1, 0.15) is 12.2 Å². The molecule has 1 saturated carbocycles. The van der Waals surface area contributed by atoms with Crippen LogP contribution in [0.3, 0.4) is 0 Å². The molecule has 0 aromatic heterocycles. The van der Waals surface area contributed by atoms with E-state index < -0.39 is 29.2 Å². The van der Waals surface area contributed by atoms with E-state index in [1.807, 2.05) is 0 Å². The van der Waals surface area contributed by atoms with Crippen molar-refractivity contribution < 1.29 is 32.6 Å². The van der Waals surface area contributed by atoms with Gasteiger partial charge in [0, 0.05) is 24.7 Å². The van der Waals surface area contributed by atoms with E-state index in [1.54, 1.807) is 0 Å². The van der Waals surface area contributed by atoms with Crippen molar-refractivity contribution in [3.63, 3.8) is 0 Å². The average Bonchev–Trinajstić information content (AvgIpc) is 3.31. The number of aliphatic hydroxyl groups is 1. The smallest absolute Gasteiger partial charge is 0.416 e. The maximum absolute atomic E-state index is 12.8. The summed E-state index contributed by atoms with van der Waals surface area (Å²) in [6, 6.07) is 4.33. The van der Waals surface area contributed by atoms with E-state index in [4.69, 9.17) is 4.74 Å².